The van der Waals surface area contributed by atoms with Crippen LogP contribution < -0.4 is 10.7 Å². The van der Waals surface area contributed by atoms with Crippen LogP contribution in [0.4, 0.5) is 5.69 Å². The number of aromatic nitrogens is 2. The van der Waals surface area contributed by atoms with Crippen LogP contribution in [0.3, 0.4) is 0 Å². The minimum absolute atomic E-state index is 0.129. The van der Waals surface area contributed by atoms with E-state index in [1.165, 1.54) is 11.6 Å². The summed E-state index contributed by atoms with van der Waals surface area (Å²) in [5, 5.41) is 7.12. The zero-order valence-electron chi connectivity index (χ0n) is 17.9. The summed E-state index contributed by atoms with van der Waals surface area (Å²) >= 11 is 0. The molecule has 1 aliphatic rings. The van der Waals surface area contributed by atoms with Gasteiger partial charge in [-0.1, -0.05) is 30.3 Å². The molecule has 0 bridgehead atoms. The lowest BCUT2D eigenvalue weighted by Crippen LogP contribution is -2.43. The zero-order valence-corrected chi connectivity index (χ0v) is 17.9. The minimum atomic E-state index is -0.513. The van der Waals surface area contributed by atoms with Crippen molar-refractivity contribution in [3.63, 3.8) is 0 Å². The van der Waals surface area contributed by atoms with Gasteiger partial charge in [-0.05, 0) is 43.8 Å². The molecule has 1 aliphatic heterocycles. The number of carbonyl (C=O) groups is 1. The first-order valence-corrected chi connectivity index (χ1v) is 10.5. The van der Waals surface area contributed by atoms with Gasteiger partial charge in [0.1, 0.15) is 0 Å². The van der Waals surface area contributed by atoms with Gasteiger partial charge in [-0.25, -0.2) is 4.68 Å². The SMILES string of the molecule is Cc1cc(=O)c(C(=O)Nc2ccc(CN3CCN(C)CC3)cc2)nn1-c1ccccc1. The fraction of sp³-hybridized carbons (Fsp3) is 0.292. The van der Waals surface area contributed by atoms with Gasteiger partial charge < -0.3 is 10.2 Å². The monoisotopic (exact) mass is 417 g/mol. The molecule has 0 unspecified atom stereocenters. The number of hydrogen-bond donors (Lipinski definition) is 1. The fourth-order valence-corrected chi connectivity index (χ4v) is 3.68. The van der Waals surface area contributed by atoms with Crippen molar-refractivity contribution in [2.75, 3.05) is 38.5 Å². The second kappa shape index (κ2) is 9.24. The molecule has 0 aliphatic carbocycles. The molecule has 0 atom stereocenters. The molecule has 31 heavy (non-hydrogen) atoms. The van der Waals surface area contributed by atoms with Crippen molar-refractivity contribution in [1.29, 1.82) is 0 Å². The molecule has 1 amide bonds. The molecule has 1 fully saturated rings. The van der Waals surface area contributed by atoms with E-state index in [1.54, 1.807) is 11.6 Å². The Labute approximate surface area is 181 Å². The molecule has 7 nitrogen and oxygen atoms in total. The number of piperazine rings is 1. The molecule has 0 saturated carbocycles. The van der Waals surface area contributed by atoms with Gasteiger partial charge in [-0.2, -0.15) is 5.10 Å². The summed E-state index contributed by atoms with van der Waals surface area (Å²) in [5.41, 5.74) is 2.77. The van der Waals surface area contributed by atoms with Gasteiger partial charge in [0.15, 0.2) is 5.69 Å². The number of anilines is 1. The van der Waals surface area contributed by atoms with E-state index in [4.69, 9.17) is 0 Å². The second-order valence-electron chi connectivity index (χ2n) is 7.98. The van der Waals surface area contributed by atoms with Crippen LogP contribution in [0.15, 0.2) is 65.5 Å². The molecule has 160 valence electrons. The Morgan fingerprint density at radius 3 is 2.35 bits per heavy atom. The molecule has 4 rings (SSSR count). The predicted octanol–water partition coefficient (Wildman–Crippen LogP) is 2.54. The van der Waals surface area contributed by atoms with Gasteiger partial charge in [-0.15, -0.1) is 0 Å². The molecule has 2 heterocycles. The maximum absolute atomic E-state index is 12.8. The van der Waals surface area contributed by atoms with Crippen LogP contribution in [0.25, 0.3) is 5.69 Å². The van der Waals surface area contributed by atoms with Gasteiger partial charge in [0.05, 0.1) is 5.69 Å². The van der Waals surface area contributed by atoms with E-state index in [9.17, 15) is 9.59 Å². The van der Waals surface area contributed by atoms with E-state index in [0.717, 1.165) is 38.4 Å². The number of amides is 1. The Hall–Kier alpha value is -3.29. The van der Waals surface area contributed by atoms with E-state index in [1.807, 2.05) is 54.6 Å². The highest BCUT2D eigenvalue weighted by atomic mass is 16.2. The molecule has 1 saturated heterocycles. The first-order chi connectivity index (χ1) is 15.0. The molecule has 1 aromatic heterocycles. The number of carbonyl (C=O) groups excluding carboxylic acids is 1. The van der Waals surface area contributed by atoms with Crippen molar-refractivity contribution in [3.05, 3.63) is 87.8 Å². The Bertz CT molecular complexity index is 1100. The van der Waals surface area contributed by atoms with Gasteiger partial charge in [0.25, 0.3) is 5.91 Å². The van der Waals surface area contributed by atoms with Crippen molar-refractivity contribution in [1.82, 2.24) is 19.6 Å². The quantitative estimate of drug-likeness (QED) is 0.691. The van der Waals surface area contributed by atoms with Gasteiger partial charge in [0, 0.05) is 50.2 Å². The molecule has 0 radical (unpaired) electrons. The Morgan fingerprint density at radius 1 is 1.00 bits per heavy atom. The average molecular weight is 418 g/mol. The number of likely N-dealkylation sites (N-methyl/N-ethyl adjacent to an activating group) is 1. The minimum Gasteiger partial charge on any atom is -0.320 e. The number of para-hydroxylation sites is 1. The largest absolute Gasteiger partial charge is 0.320 e. The summed E-state index contributed by atoms with van der Waals surface area (Å²) in [6, 6.07) is 18.6. The van der Waals surface area contributed by atoms with Crippen molar-refractivity contribution >= 4 is 11.6 Å². The third-order valence-corrected chi connectivity index (χ3v) is 5.54. The normalized spacial score (nSPS) is 15.0. The summed E-state index contributed by atoms with van der Waals surface area (Å²) in [6.07, 6.45) is 0. The molecule has 2 aromatic carbocycles. The number of rotatable bonds is 5. The highest BCUT2D eigenvalue weighted by Crippen LogP contribution is 2.14. The molecular formula is C24H27N5O2. The van der Waals surface area contributed by atoms with Gasteiger partial charge >= 0.3 is 0 Å². The standard InChI is InChI=1S/C24H27N5O2/c1-18-16-22(30)23(26-29(18)21-6-4-3-5-7-21)24(31)25-20-10-8-19(9-11-20)17-28-14-12-27(2)13-15-28/h3-11,16H,12-15,17H2,1-2H3,(H,25,31). The smallest absolute Gasteiger partial charge is 0.280 e. The van der Waals surface area contributed by atoms with E-state index < -0.39 is 11.3 Å². The summed E-state index contributed by atoms with van der Waals surface area (Å²) in [7, 11) is 2.15. The number of nitrogens with one attached hydrogen (secondary N) is 1. The van der Waals surface area contributed by atoms with Crippen LogP contribution >= 0.6 is 0 Å². The Kier molecular flexibility index (Phi) is 6.25. The van der Waals surface area contributed by atoms with Crippen molar-refractivity contribution in [2.45, 2.75) is 13.5 Å². The fourth-order valence-electron chi connectivity index (χ4n) is 3.68. The first kappa shape index (κ1) is 21.0. The van der Waals surface area contributed by atoms with E-state index in [2.05, 4.69) is 27.3 Å². The number of benzene rings is 2. The highest BCUT2D eigenvalue weighted by Gasteiger charge is 2.16. The lowest BCUT2D eigenvalue weighted by molar-refractivity contribution is 0.101. The number of aryl methyl sites for hydroxylation is 1. The highest BCUT2D eigenvalue weighted by molar-refractivity contribution is 6.02. The third-order valence-electron chi connectivity index (χ3n) is 5.54. The van der Waals surface area contributed by atoms with E-state index in [0.29, 0.717) is 11.4 Å². The molecule has 7 heteroatoms. The summed E-state index contributed by atoms with van der Waals surface area (Å²) in [4.78, 5) is 29.9. The second-order valence-corrected chi connectivity index (χ2v) is 7.98. The Morgan fingerprint density at radius 2 is 1.68 bits per heavy atom. The van der Waals surface area contributed by atoms with Crippen LogP contribution in [-0.4, -0.2) is 58.7 Å². The lowest BCUT2D eigenvalue weighted by Gasteiger charge is -2.32. The predicted molar refractivity (Wildman–Crippen MR) is 122 cm³/mol. The van der Waals surface area contributed by atoms with Crippen molar-refractivity contribution in [2.24, 2.45) is 0 Å². The summed E-state index contributed by atoms with van der Waals surface area (Å²) in [6.45, 7) is 6.96. The summed E-state index contributed by atoms with van der Waals surface area (Å²) < 4.78 is 1.61. The van der Waals surface area contributed by atoms with Crippen molar-refractivity contribution < 1.29 is 4.79 Å². The van der Waals surface area contributed by atoms with Gasteiger partial charge in [-0.3, -0.25) is 14.5 Å². The van der Waals surface area contributed by atoms with Crippen molar-refractivity contribution in [3.8, 4) is 5.69 Å². The third kappa shape index (κ3) is 5.07. The van der Waals surface area contributed by atoms with E-state index in [-0.39, 0.29) is 5.69 Å². The lowest BCUT2D eigenvalue weighted by atomic mass is 10.1. The molecular weight excluding hydrogens is 390 g/mol. The topological polar surface area (TPSA) is 70.5 Å². The first-order valence-electron chi connectivity index (χ1n) is 10.5. The van der Waals surface area contributed by atoms with Crippen LogP contribution in [-0.2, 0) is 6.54 Å². The van der Waals surface area contributed by atoms with Crippen LogP contribution in [0, 0.1) is 6.92 Å². The zero-order chi connectivity index (χ0) is 21.8. The average Bonchev–Trinajstić information content (AvgIpc) is 2.77. The maximum atomic E-state index is 12.8. The van der Waals surface area contributed by atoms with Crippen LogP contribution in [0.2, 0.25) is 0 Å². The molecule has 3 aromatic rings. The number of nitrogens with zero attached hydrogens (tertiary/aromatic N) is 4. The van der Waals surface area contributed by atoms with E-state index >= 15 is 0 Å². The van der Waals surface area contributed by atoms with Crippen LogP contribution in [0.1, 0.15) is 21.7 Å². The van der Waals surface area contributed by atoms with Gasteiger partial charge in [0.2, 0.25) is 5.43 Å². The molecule has 0 spiro atoms. The number of hydrogen-bond acceptors (Lipinski definition) is 5. The molecule has 1 N–H and O–H groups in total. The maximum Gasteiger partial charge on any atom is 0.280 e. The summed E-state index contributed by atoms with van der Waals surface area (Å²) in [5.74, 6) is -0.513. The Balaban J connectivity index is 1.46. The van der Waals surface area contributed by atoms with Crippen LogP contribution in [0.5, 0.6) is 0 Å².